The first-order valence-electron chi connectivity index (χ1n) is 6.11. The van der Waals surface area contributed by atoms with Crippen molar-refractivity contribution in [2.24, 2.45) is 0 Å². The highest BCUT2D eigenvalue weighted by Crippen LogP contribution is 2.09. The molecule has 0 unspecified atom stereocenters. The molecule has 0 saturated carbocycles. The van der Waals surface area contributed by atoms with Gasteiger partial charge in [0.25, 0.3) is 0 Å². The third-order valence-electron chi connectivity index (χ3n) is 2.76. The van der Waals surface area contributed by atoms with Crippen LogP contribution in [0.1, 0.15) is 11.1 Å². The molecule has 0 atom stereocenters. The molecule has 0 aliphatic rings. The quantitative estimate of drug-likeness (QED) is 0.860. The average molecular weight is 256 g/mol. The van der Waals surface area contributed by atoms with Gasteiger partial charge in [-0.3, -0.25) is 14.7 Å². The first-order valence-corrected chi connectivity index (χ1v) is 6.11. The van der Waals surface area contributed by atoms with Crippen LogP contribution < -0.4 is 0 Å². The Morgan fingerprint density at radius 3 is 2.16 bits per heavy atom. The summed E-state index contributed by atoms with van der Waals surface area (Å²) in [6.45, 7) is 1.25. The molecule has 19 heavy (non-hydrogen) atoms. The summed E-state index contributed by atoms with van der Waals surface area (Å²) in [6, 6.07) is 13.7. The van der Waals surface area contributed by atoms with Gasteiger partial charge in [-0.1, -0.05) is 30.3 Å². The summed E-state index contributed by atoms with van der Waals surface area (Å²) in [5.41, 5.74) is 2.17. The van der Waals surface area contributed by atoms with Gasteiger partial charge in [0, 0.05) is 25.5 Å². The second-order valence-electron chi connectivity index (χ2n) is 4.38. The molecule has 0 aliphatic carbocycles. The summed E-state index contributed by atoms with van der Waals surface area (Å²) < 4.78 is 0. The molecule has 2 rings (SSSR count). The Labute approximate surface area is 112 Å². The van der Waals surface area contributed by atoms with Gasteiger partial charge in [0.05, 0.1) is 6.54 Å². The van der Waals surface area contributed by atoms with E-state index in [1.54, 1.807) is 12.4 Å². The van der Waals surface area contributed by atoms with Gasteiger partial charge in [-0.2, -0.15) is 0 Å². The fraction of sp³-hybridized carbons (Fsp3) is 0.200. The molecular formula is C15H16N2O2. The average Bonchev–Trinajstić information content (AvgIpc) is 2.40. The zero-order valence-electron chi connectivity index (χ0n) is 10.6. The van der Waals surface area contributed by atoms with Crippen molar-refractivity contribution in [2.75, 3.05) is 6.54 Å². The van der Waals surface area contributed by atoms with E-state index in [1.165, 1.54) is 0 Å². The van der Waals surface area contributed by atoms with E-state index in [4.69, 9.17) is 5.11 Å². The van der Waals surface area contributed by atoms with Crippen molar-refractivity contribution in [3.63, 3.8) is 0 Å². The number of nitrogens with zero attached hydrogens (tertiary/aromatic N) is 2. The summed E-state index contributed by atoms with van der Waals surface area (Å²) in [5.74, 6) is -0.815. The van der Waals surface area contributed by atoms with Gasteiger partial charge >= 0.3 is 5.97 Å². The van der Waals surface area contributed by atoms with Crippen LogP contribution in [0.2, 0.25) is 0 Å². The molecule has 4 nitrogen and oxygen atoms in total. The van der Waals surface area contributed by atoms with Crippen molar-refractivity contribution >= 4 is 5.97 Å². The number of pyridine rings is 1. The monoisotopic (exact) mass is 256 g/mol. The van der Waals surface area contributed by atoms with E-state index in [0.29, 0.717) is 13.1 Å². The van der Waals surface area contributed by atoms with Crippen LogP contribution in [0.15, 0.2) is 54.9 Å². The molecule has 1 N–H and O–H groups in total. The van der Waals surface area contributed by atoms with Crippen LogP contribution in [-0.4, -0.2) is 27.5 Å². The molecule has 0 amide bonds. The first kappa shape index (κ1) is 13.2. The maximum absolute atomic E-state index is 10.9. The van der Waals surface area contributed by atoms with E-state index < -0.39 is 5.97 Å². The topological polar surface area (TPSA) is 53.4 Å². The number of aromatic nitrogens is 1. The van der Waals surface area contributed by atoms with Gasteiger partial charge in [0.2, 0.25) is 0 Å². The second kappa shape index (κ2) is 6.66. The summed E-state index contributed by atoms with van der Waals surface area (Å²) in [5, 5.41) is 8.99. The molecule has 2 aromatic rings. The van der Waals surface area contributed by atoms with Crippen LogP contribution in [-0.2, 0) is 17.9 Å². The third-order valence-corrected chi connectivity index (χ3v) is 2.76. The Kier molecular flexibility index (Phi) is 4.64. The molecule has 0 spiro atoms. The number of rotatable bonds is 6. The minimum absolute atomic E-state index is 0.0250. The molecule has 1 aromatic heterocycles. The lowest BCUT2D eigenvalue weighted by Crippen LogP contribution is -2.28. The fourth-order valence-corrected chi connectivity index (χ4v) is 1.95. The van der Waals surface area contributed by atoms with Gasteiger partial charge in [-0.25, -0.2) is 0 Å². The molecule has 98 valence electrons. The SMILES string of the molecule is O=C(O)CN(Cc1ccccc1)Cc1ccncc1. The lowest BCUT2D eigenvalue weighted by molar-refractivity contribution is -0.138. The number of carboxylic acid groups (broad SMARTS) is 1. The maximum Gasteiger partial charge on any atom is 0.317 e. The van der Waals surface area contributed by atoms with E-state index in [0.717, 1.165) is 11.1 Å². The van der Waals surface area contributed by atoms with E-state index in [2.05, 4.69) is 4.98 Å². The number of benzene rings is 1. The zero-order valence-corrected chi connectivity index (χ0v) is 10.6. The molecule has 0 saturated heterocycles. The van der Waals surface area contributed by atoms with Crippen molar-refractivity contribution in [3.05, 3.63) is 66.0 Å². The largest absolute Gasteiger partial charge is 0.480 e. The Morgan fingerprint density at radius 1 is 1.00 bits per heavy atom. The van der Waals surface area contributed by atoms with Crippen LogP contribution in [0.3, 0.4) is 0 Å². The standard InChI is InChI=1S/C15H16N2O2/c18-15(19)12-17(10-13-4-2-1-3-5-13)11-14-6-8-16-9-7-14/h1-9H,10-12H2,(H,18,19). The molecule has 4 heteroatoms. The van der Waals surface area contributed by atoms with Crippen molar-refractivity contribution in [3.8, 4) is 0 Å². The van der Waals surface area contributed by atoms with Gasteiger partial charge in [-0.05, 0) is 23.3 Å². The Bertz CT molecular complexity index is 473. The fourth-order valence-electron chi connectivity index (χ4n) is 1.95. The Balaban J connectivity index is 2.06. The molecule has 1 heterocycles. The van der Waals surface area contributed by atoms with Crippen molar-refractivity contribution in [1.82, 2.24) is 9.88 Å². The predicted molar refractivity (Wildman–Crippen MR) is 72.4 cm³/mol. The lowest BCUT2D eigenvalue weighted by Gasteiger charge is -2.20. The third kappa shape index (κ3) is 4.52. The number of hydrogen-bond donors (Lipinski definition) is 1. The highest BCUT2D eigenvalue weighted by molar-refractivity contribution is 5.69. The van der Waals surface area contributed by atoms with Gasteiger partial charge < -0.3 is 5.11 Å². The predicted octanol–water partition coefficient (Wildman–Crippen LogP) is 2.17. The van der Waals surface area contributed by atoms with Crippen molar-refractivity contribution in [1.29, 1.82) is 0 Å². The van der Waals surface area contributed by atoms with Crippen LogP contribution in [0.4, 0.5) is 0 Å². The highest BCUT2D eigenvalue weighted by Gasteiger charge is 2.10. The number of carbonyl (C=O) groups is 1. The second-order valence-corrected chi connectivity index (χ2v) is 4.38. The molecule has 1 aromatic carbocycles. The van der Waals surface area contributed by atoms with Crippen molar-refractivity contribution in [2.45, 2.75) is 13.1 Å². The smallest absolute Gasteiger partial charge is 0.317 e. The zero-order chi connectivity index (χ0) is 13.5. The van der Waals surface area contributed by atoms with Crippen LogP contribution in [0, 0.1) is 0 Å². The Morgan fingerprint density at radius 2 is 1.58 bits per heavy atom. The van der Waals surface area contributed by atoms with E-state index in [1.807, 2.05) is 47.4 Å². The number of hydrogen-bond acceptors (Lipinski definition) is 3. The van der Waals surface area contributed by atoms with E-state index in [9.17, 15) is 4.79 Å². The lowest BCUT2D eigenvalue weighted by atomic mass is 10.2. The normalized spacial score (nSPS) is 10.6. The van der Waals surface area contributed by atoms with Crippen LogP contribution >= 0.6 is 0 Å². The molecule has 0 radical (unpaired) electrons. The number of aliphatic carboxylic acids is 1. The number of carboxylic acids is 1. The summed E-state index contributed by atoms with van der Waals surface area (Å²) in [7, 11) is 0. The van der Waals surface area contributed by atoms with Crippen LogP contribution in [0.25, 0.3) is 0 Å². The molecule has 0 aliphatic heterocycles. The van der Waals surface area contributed by atoms with Gasteiger partial charge in [0.15, 0.2) is 0 Å². The summed E-state index contributed by atoms with van der Waals surface area (Å²) in [4.78, 5) is 16.8. The summed E-state index contributed by atoms with van der Waals surface area (Å²) >= 11 is 0. The van der Waals surface area contributed by atoms with Crippen LogP contribution in [0.5, 0.6) is 0 Å². The molecule has 0 bridgehead atoms. The minimum Gasteiger partial charge on any atom is -0.480 e. The Hall–Kier alpha value is -2.20. The van der Waals surface area contributed by atoms with E-state index >= 15 is 0 Å². The molecule has 0 fully saturated rings. The minimum atomic E-state index is -0.815. The first-order chi connectivity index (χ1) is 9.24. The maximum atomic E-state index is 10.9. The van der Waals surface area contributed by atoms with Gasteiger partial charge in [0.1, 0.15) is 0 Å². The highest BCUT2D eigenvalue weighted by atomic mass is 16.4. The van der Waals surface area contributed by atoms with Gasteiger partial charge in [-0.15, -0.1) is 0 Å². The molecular weight excluding hydrogens is 240 g/mol. The van der Waals surface area contributed by atoms with Crippen molar-refractivity contribution < 1.29 is 9.90 Å². The summed E-state index contributed by atoms with van der Waals surface area (Å²) in [6.07, 6.45) is 3.44. The van der Waals surface area contributed by atoms with E-state index in [-0.39, 0.29) is 6.54 Å².